The van der Waals surface area contributed by atoms with E-state index in [0.717, 1.165) is 35.8 Å². The van der Waals surface area contributed by atoms with E-state index >= 15 is 0 Å². The molecular weight excluding hydrogens is 469 g/mol. The molecule has 3 rings (SSSR count). The standard InChI is InChI=1S/C23H29Cl2N3O3S/c1-17(28(32(2,30)31)20-10-11-21(24)22(25)14-20)23(29)26-15-18-8-4-5-9-19(18)16-27-12-6-3-7-13-27/h4-5,8-11,14,17H,3,6-7,12-13,15-16H2,1-2H3,(H,26,29)/t17-/m1/s1. The van der Waals surface area contributed by atoms with Crippen molar-refractivity contribution in [3.8, 4) is 0 Å². The van der Waals surface area contributed by atoms with E-state index < -0.39 is 22.0 Å². The Kier molecular flexibility index (Phi) is 8.44. The number of hydrogen-bond donors (Lipinski definition) is 1. The Hall–Kier alpha value is -1.80. The highest BCUT2D eigenvalue weighted by Gasteiger charge is 2.29. The number of nitrogens with zero attached hydrogens (tertiary/aromatic N) is 2. The van der Waals surface area contributed by atoms with Gasteiger partial charge in [0.1, 0.15) is 6.04 Å². The van der Waals surface area contributed by atoms with Gasteiger partial charge in [0.15, 0.2) is 0 Å². The predicted molar refractivity (Wildman–Crippen MR) is 131 cm³/mol. The van der Waals surface area contributed by atoms with Gasteiger partial charge in [-0.1, -0.05) is 53.9 Å². The first-order valence-electron chi connectivity index (χ1n) is 10.7. The van der Waals surface area contributed by atoms with E-state index in [1.54, 1.807) is 6.92 Å². The minimum Gasteiger partial charge on any atom is -0.350 e. The van der Waals surface area contributed by atoms with Crippen LogP contribution in [-0.2, 0) is 27.9 Å². The molecule has 1 heterocycles. The number of carbonyl (C=O) groups excluding carboxylic acids is 1. The lowest BCUT2D eigenvalue weighted by Crippen LogP contribution is -2.47. The summed E-state index contributed by atoms with van der Waals surface area (Å²) in [6.07, 6.45) is 4.77. The summed E-state index contributed by atoms with van der Waals surface area (Å²) in [5, 5.41) is 3.43. The van der Waals surface area contributed by atoms with Gasteiger partial charge in [-0.2, -0.15) is 0 Å². The lowest BCUT2D eigenvalue weighted by molar-refractivity contribution is -0.122. The molecule has 174 valence electrons. The minimum absolute atomic E-state index is 0.220. The van der Waals surface area contributed by atoms with Crippen LogP contribution in [0, 0.1) is 0 Å². The molecule has 0 aliphatic carbocycles. The molecule has 1 N–H and O–H groups in total. The molecule has 1 saturated heterocycles. The van der Waals surface area contributed by atoms with Crippen LogP contribution in [0.3, 0.4) is 0 Å². The summed E-state index contributed by atoms with van der Waals surface area (Å²) in [5.74, 6) is -0.394. The van der Waals surface area contributed by atoms with E-state index in [9.17, 15) is 13.2 Å². The van der Waals surface area contributed by atoms with Gasteiger partial charge in [-0.25, -0.2) is 8.42 Å². The van der Waals surface area contributed by atoms with Gasteiger partial charge in [0.2, 0.25) is 15.9 Å². The smallest absolute Gasteiger partial charge is 0.243 e. The predicted octanol–water partition coefficient (Wildman–Crippen LogP) is 4.45. The first kappa shape index (κ1) is 24.8. The maximum Gasteiger partial charge on any atom is 0.243 e. The van der Waals surface area contributed by atoms with E-state index in [4.69, 9.17) is 23.2 Å². The zero-order valence-corrected chi connectivity index (χ0v) is 20.7. The number of nitrogens with one attached hydrogen (secondary N) is 1. The van der Waals surface area contributed by atoms with Crippen molar-refractivity contribution in [3.05, 3.63) is 63.6 Å². The molecule has 0 bridgehead atoms. The van der Waals surface area contributed by atoms with E-state index in [0.29, 0.717) is 11.6 Å². The van der Waals surface area contributed by atoms with Crippen molar-refractivity contribution in [1.29, 1.82) is 0 Å². The maximum atomic E-state index is 12.9. The summed E-state index contributed by atoms with van der Waals surface area (Å²) >= 11 is 12.0. The Morgan fingerprint density at radius 3 is 2.34 bits per heavy atom. The molecule has 0 aromatic heterocycles. The Morgan fingerprint density at radius 1 is 1.06 bits per heavy atom. The number of carbonyl (C=O) groups is 1. The van der Waals surface area contributed by atoms with Gasteiger partial charge in [-0.05, 0) is 62.2 Å². The molecule has 9 heteroatoms. The second-order valence-corrected chi connectivity index (χ2v) is 10.8. The lowest BCUT2D eigenvalue weighted by Gasteiger charge is -2.29. The van der Waals surface area contributed by atoms with Crippen LogP contribution in [0.15, 0.2) is 42.5 Å². The van der Waals surface area contributed by atoms with Gasteiger partial charge in [0, 0.05) is 13.1 Å². The Balaban J connectivity index is 1.72. The number of rotatable bonds is 8. The van der Waals surface area contributed by atoms with Crippen molar-refractivity contribution in [2.75, 3.05) is 23.7 Å². The summed E-state index contributed by atoms with van der Waals surface area (Å²) in [7, 11) is -3.74. The van der Waals surface area contributed by atoms with Crippen LogP contribution in [0.2, 0.25) is 10.0 Å². The summed E-state index contributed by atoms with van der Waals surface area (Å²) < 4.78 is 26.0. The monoisotopic (exact) mass is 497 g/mol. The zero-order chi connectivity index (χ0) is 23.3. The molecule has 1 atom stereocenters. The number of sulfonamides is 1. The van der Waals surface area contributed by atoms with E-state index in [2.05, 4.69) is 16.3 Å². The molecule has 1 aliphatic rings. The van der Waals surface area contributed by atoms with Crippen LogP contribution in [0.25, 0.3) is 0 Å². The SMILES string of the molecule is C[C@H](C(=O)NCc1ccccc1CN1CCCCC1)N(c1ccc(Cl)c(Cl)c1)S(C)(=O)=O. The number of anilines is 1. The van der Waals surface area contributed by atoms with Gasteiger partial charge in [0.25, 0.3) is 0 Å². The van der Waals surface area contributed by atoms with Crippen LogP contribution in [0.5, 0.6) is 0 Å². The van der Waals surface area contributed by atoms with Crippen molar-refractivity contribution < 1.29 is 13.2 Å². The molecule has 2 aromatic rings. The second-order valence-electron chi connectivity index (χ2n) is 8.16. The van der Waals surface area contributed by atoms with Gasteiger partial charge in [0.05, 0.1) is 22.0 Å². The van der Waals surface area contributed by atoms with Gasteiger partial charge >= 0.3 is 0 Å². The van der Waals surface area contributed by atoms with Gasteiger partial charge in [-0.3, -0.25) is 14.0 Å². The molecule has 1 fully saturated rings. The van der Waals surface area contributed by atoms with E-state index in [1.807, 2.05) is 18.2 Å². The summed E-state index contributed by atoms with van der Waals surface area (Å²) in [6.45, 7) is 4.90. The van der Waals surface area contributed by atoms with E-state index in [-0.39, 0.29) is 10.7 Å². The normalized spacial score (nSPS) is 15.9. The fourth-order valence-corrected chi connectivity index (χ4v) is 5.46. The fraction of sp³-hybridized carbons (Fsp3) is 0.435. The number of benzene rings is 2. The average Bonchev–Trinajstić information content (AvgIpc) is 2.75. The highest BCUT2D eigenvalue weighted by molar-refractivity contribution is 7.92. The topological polar surface area (TPSA) is 69.7 Å². The summed E-state index contributed by atoms with van der Waals surface area (Å²) in [5.41, 5.74) is 2.49. The molecule has 2 aromatic carbocycles. The van der Waals surface area contributed by atoms with Crippen molar-refractivity contribution in [3.63, 3.8) is 0 Å². The lowest BCUT2D eigenvalue weighted by atomic mass is 10.0. The van der Waals surface area contributed by atoms with Crippen molar-refractivity contribution in [1.82, 2.24) is 10.2 Å². The second kappa shape index (κ2) is 10.9. The van der Waals surface area contributed by atoms with Crippen LogP contribution in [-0.4, -0.2) is 44.6 Å². The van der Waals surface area contributed by atoms with Crippen LogP contribution < -0.4 is 9.62 Å². The first-order chi connectivity index (χ1) is 15.2. The Bertz CT molecular complexity index is 1060. The first-order valence-corrected chi connectivity index (χ1v) is 13.3. The van der Waals surface area contributed by atoms with Crippen molar-refractivity contribution >= 4 is 44.8 Å². The van der Waals surface area contributed by atoms with E-state index in [1.165, 1.54) is 43.0 Å². The van der Waals surface area contributed by atoms with Gasteiger partial charge < -0.3 is 5.32 Å². The molecule has 32 heavy (non-hydrogen) atoms. The summed E-state index contributed by atoms with van der Waals surface area (Å²) in [6, 6.07) is 11.6. The van der Waals surface area contributed by atoms with Crippen molar-refractivity contribution in [2.24, 2.45) is 0 Å². The Labute approximate surface area is 200 Å². The molecular formula is C23H29Cl2N3O3S. The maximum absolute atomic E-state index is 12.9. The molecule has 0 unspecified atom stereocenters. The average molecular weight is 498 g/mol. The highest BCUT2D eigenvalue weighted by atomic mass is 35.5. The number of amides is 1. The van der Waals surface area contributed by atoms with Gasteiger partial charge in [-0.15, -0.1) is 0 Å². The number of piperidine rings is 1. The third-order valence-corrected chi connectivity index (χ3v) is 7.64. The Morgan fingerprint density at radius 2 is 1.72 bits per heavy atom. The quantitative estimate of drug-likeness (QED) is 0.584. The molecule has 0 radical (unpaired) electrons. The number of hydrogen-bond acceptors (Lipinski definition) is 4. The largest absolute Gasteiger partial charge is 0.350 e. The summed E-state index contributed by atoms with van der Waals surface area (Å²) in [4.78, 5) is 15.4. The molecule has 1 aliphatic heterocycles. The van der Waals surface area contributed by atoms with Crippen molar-refractivity contribution in [2.45, 2.75) is 45.3 Å². The van der Waals surface area contributed by atoms with Crippen LogP contribution >= 0.6 is 23.2 Å². The number of halogens is 2. The number of likely N-dealkylation sites (tertiary alicyclic amines) is 1. The van der Waals surface area contributed by atoms with Crippen LogP contribution in [0.1, 0.15) is 37.3 Å². The third-order valence-electron chi connectivity index (χ3n) is 5.66. The van der Waals surface area contributed by atoms with Crippen LogP contribution in [0.4, 0.5) is 5.69 Å². The molecule has 0 spiro atoms. The minimum atomic E-state index is -3.74. The molecule has 1 amide bonds. The molecule has 6 nitrogen and oxygen atoms in total. The fourth-order valence-electron chi connectivity index (χ4n) is 4.00. The molecule has 0 saturated carbocycles. The zero-order valence-electron chi connectivity index (χ0n) is 18.4. The third kappa shape index (κ3) is 6.38. The highest BCUT2D eigenvalue weighted by Crippen LogP contribution is 2.29.